The number of anilines is 1. The zero-order valence-electron chi connectivity index (χ0n) is 13.8. The van der Waals surface area contributed by atoms with Crippen LogP contribution in [0.3, 0.4) is 0 Å². The van der Waals surface area contributed by atoms with Gasteiger partial charge in [0.05, 0.1) is 22.8 Å². The number of thiocarbonyl (C=S) groups is 1. The monoisotopic (exact) mass is 385 g/mol. The van der Waals surface area contributed by atoms with Gasteiger partial charge in [-0.25, -0.2) is 4.79 Å². The van der Waals surface area contributed by atoms with E-state index in [0.29, 0.717) is 27.1 Å². The van der Waals surface area contributed by atoms with Crippen LogP contribution in [0.25, 0.3) is 6.08 Å². The van der Waals surface area contributed by atoms with Crippen LogP contribution in [0.4, 0.5) is 5.69 Å². The zero-order valence-corrected chi connectivity index (χ0v) is 15.5. The maximum atomic E-state index is 12.7. The van der Waals surface area contributed by atoms with Crippen LogP contribution in [0.1, 0.15) is 22.8 Å². The first-order valence-corrected chi connectivity index (χ1v) is 9.06. The van der Waals surface area contributed by atoms with Crippen molar-refractivity contribution >= 4 is 51.9 Å². The second-order valence-corrected chi connectivity index (χ2v) is 7.05. The Balaban J connectivity index is 1.83. The van der Waals surface area contributed by atoms with Gasteiger partial charge in [-0.15, -0.1) is 0 Å². The molecule has 1 N–H and O–H groups in total. The van der Waals surface area contributed by atoms with Gasteiger partial charge in [0.15, 0.2) is 4.32 Å². The number of ether oxygens (including phenoxy) is 1. The van der Waals surface area contributed by atoms with Gasteiger partial charge in [-0.05, 0) is 55.0 Å². The largest absolute Gasteiger partial charge is 0.508 e. The molecule has 26 heavy (non-hydrogen) atoms. The minimum Gasteiger partial charge on any atom is -0.508 e. The Bertz CT molecular complexity index is 889. The normalized spacial score (nSPS) is 15.6. The van der Waals surface area contributed by atoms with Crippen molar-refractivity contribution in [2.45, 2.75) is 6.92 Å². The lowest BCUT2D eigenvalue weighted by atomic mass is 10.2. The van der Waals surface area contributed by atoms with Crippen LogP contribution >= 0.6 is 24.0 Å². The highest BCUT2D eigenvalue weighted by atomic mass is 32.2. The maximum Gasteiger partial charge on any atom is 0.338 e. The summed E-state index contributed by atoms with van der Waals surface area (Å²) in [6.07, 6.45) is 1.73. The number of carbonyl (C=O) groups excluding carboxylic acids is 2. The number of hydrogen-bond donors (Lipinski definition) is 1. The number of benzene rings is 2. The molecule has 0 spiro atoms. The standard InChI is InChI=1S/C19H15NO4S2/c1-2-24-18(23)13-5-7-14(8-6-13)20-17(22)16(26-19(20)25)11-12-3-9-15(21)10-4-12/h3-11,21H,2H2,1H3/b16-11-. The molecule has 7 heteroatoms. The summed E-state index contributed by atoms with van der Waals surface area (Å²) in [6.45, 7) is 2.05. The third-order valence-corrected chi connectivity index (χ3v) is 4.92. The first-order chi connectivity index (χ1) is 12.5. The fraction of sp³-hybridized carbons (Fsp3) is 0.105. The molecule has 2 aromatic carbocycles. The van der Waals surface area contributed by atoms with Crippen LogP contribution in [-0.4, -0.2) is 27.9 Å². The van der Waals surface area contributed by atoms with E-state index in [4.69, 9.17) is 17.0 Å². The van der Waals surface area contributed by atoms with Crippen LogP contribution in [0.5, 0.6) is 5.75 Å². The molecule has 132 valence electrons. The number of amides is 1. The third-order valence-electron chi connectivity index (χ3n) is 3.62. The minimum atomic E-state index is -0.406. The van der Waals surface area contributed by atoms with Crippen LogP contribution < -0.4 is 4.90 Å². The summed E-state index contributed by atoms with van der Waals surface area (Å²) >= 11 is 6.54. The maximum absolute atomic E-state index is 12.7. The summed E-state index contributed by atoms with van der Waals surface area (Å²) in [7, 11) is 0. The predicted octanol–water partition coefficient (Wildman–Crippen LogP) is 3.97. The lowest BCUT2D eigenvalue weighted by Gasteiger charge is -2.14. The molecular weight excluding hydrogens is 370 g/mol. The molecule has 0 unspecified atom stereocenters. The Morgan fingerprint density at radius 3 is 2.46 bits per heavy atom. The minimum absolute atomic E-state index is 0.163. The molecule has 1 heterocycles. The van der Waals surface area contributed by atoms with Crippen molar-refractivity contribution in [1.82, 2.24) is 0 Å². The molecule has 0 radical (unpaired) electrons. The number of rotatable bonds is 4. The quantitative estimate of drug-likeness (QED) is 0.488. The SMILES string of the molecule is CCOC(=O)c1ccc(N2C(=O)/C(=C/c3ccc(O)cc3)SC2=S)cc1. The molecule has 0 aromatic heterocycles. The highest BCUT2D eigenvalue weighted by Gasteiger charge is 2.33. The average Bonchev–Trinajstić information content (AvgIpc) is 2.91. The number of thioether (sulfide) groups is 1. The molecule has 3 rings (SSSR count). The van der Waals surface area contributed by atoms with Gasteiger partial charge in [-0.3, -0.25) is 9.69 Å². The Morgan fingerprint density at radius 1 is 1.19 bits per heavy atom. The molecule has 1 saturated heterocycles. The van der Waals surface area contributed by atoms with Gasteiger partial charge >= 0.3 is 5.97 Å². The zero-order chi connectivity index (χ0) is 18.7. The highest BCUT2D eigenvalue weighted by molar-refractivity contribution is 8.27. The molecule has 0 atom stereocenters. The highest BCUT2D eigenvalue weighted by Crippen LogP contribution is 2.36. The van der Waals surface area contributed by atoms with Crippen molar-refractivity contribution in [2.75, 3.05) is 11.5 Å². The molecule has 1 fully saturated rings. The second kappa shape index (κ2) is 7.72. The fourth-order valence-electron chi connectivity index (χ4n) is 2.37. The molecule has 0 saturated carbocycles. The van der Waals surface area contributed by atoms with Gasteiger partial charge in [0, 0.05) is 0 Å². The van der Waals surface area contributed by atoms with E-state index in [0.717, 1.165) is 5.56 Å². The van der Waals surface area contributed by atoms with Crippen LogP contribution in [0.15, 0.2) is 53.4 Å². The molecule has 0 aliphatic carbocycles. The first kappa shape index (κ1) is 18.2. The molecule has 2 aromatic rings. The number of esters is 1. The first-order valence-electron chi connectivity index (χ1n) is 7.84. The van der Waals surface area contributed by atoms with Gasteiger partial charge in [0.25, 0.3) is 5.91 Å². The summed E-state index contributed by atoms with van der Waals surface area (Å²) in [4.78, 5) is 26.4. The van der Waals surface area contributed by atoms with Gasteiger partial charge in [0.2, 0.25) is 0 Å². The van der Waals surface area contributed by atoms with E-state index in [1.54, 1.807) is 61.5 Å². The van der Waals surface area contributed by atoms with Crippen LogP contribution in [0, 0.1) is 0 Å². The molecule has 5 nitrogen and oxygen atoms in total. The van der Waals surface area contributed by atoms with Gasteiger partial charge < -0.3 is 9.84 Å². The van der Waals surface area contributed by atoms with E-state index in [2.05, 4.69) is 0 Å². The van der Waals surface area contributed by atoms with Gasteiger partial charge in [0.1, 0.15) is 5.75 Å². The predicted molar refractivity (Wildman–Crippen MR) is 106 cm³/mol. The van der Waals surface area contributed by atoms with Crippen molar-refractivity contribution in [3.05, 3.63) is 64.6 Å². The average molecular weight is 385 g/mol. The number of aromatic hydroxyl groups is 1. The Hall–Kier alpha value is -2.64. The molecule has 0 bridgehead atoms. The van der Waals surface area contributed by atoms with E-state index in [1.807, 2.05) is 0 Å². The summed E-state index contributed by atoms with van der Waals surface area (Å²) in [5.74, 6) is -0.468. The topological polar surface area (TPSA) is 66.8 Å². The summed E-state index contributed by atoms with van der Waals surface area (Å²) in [6, 6.07) is 13.1. The lowest BCUT2D eigenvalue weighted by molar-refractivity contribution is -0.113. The molecule has 1 aliphatic rings. The summed E-state index contributed by atoms with van der Waals surface area (Å²) in [5, 5.41) is 9.34. The second-order valence-electron chi connectivity index (χ2n) is 5.38. The van der Waals surface area contributed by atoms with E-state index in [1.165, 1.54) is 16.7 Å². The van der Waals surface area contributed by atoms with Crippen molar-refractivity contribution in [1.29, 1.82) is 0 Å². The van der Waals surface area contributed by atoms with Gasteiger partial charge in [-0.2, -0.15) is 0 Å². The third kappa shape index (κ3) is 3.79. The molecule has 1 amide bonds. The lowest BCUT2D eigenvalue weighted by Crippen LogP contribution is -2.27. The Labute approximate surface area is 160 Å². The summed E-state index contributed by atoms with van der Waals surface area (Å²) in [5.41, 5.74) is 1.80. The van der Waals surface area contributed by atoms with E-state index >= 15 is 0 Å². The van der Waals surface area contributed by atoms with E-state index in [-0.39, 0.29) is 11.7 Å². The van der Waals surface area contributed by atoms with Crippen molar-refractivity contribution in [2.24, 2.45) is 0 Å². The molecular formula is C19H15NO4S2. The number of phenolic OH excluding ortho intramolecular Hbond substituents is 1. The van der Waals surface area contributed by atoms with Crippen molar-refractivity contribution in [3.8, 4) is 5.75 Å². The number of phenols is 1. The summed E-state index contributed by atoms with van der Waals surface area (Å²) < 4.78 is 5.37. The smallest absolute Gasteiger partial charge is 0.338 e. The fourth-order valence-corrected chi connectivity index (χ4v) is 3.67. The van der Waals surface area contributed by atoms with Crippen LogP contribution in [0.2, 0.25) is 0 Å². The molecule has 1 aliphatic heterocycles. The van der Waals surface area contributed by atoms with Crippen molar-refractivity contribution < 1.29 is 19.4 Å². The number of carbonyl (C=O) groups is 2. The van der Waals surface area contributed by atoms with E-state index in [9.17, 15) is 14.7 Å². The number of nitrogens with zero attached hydrogens (tertiary/aromatic N) is 1. The van der Waals surface area contributed by atoms with E-state index < -0.39 is 5.97 Å². The number of hydrogen-bond acceptors (Lipinski definition) is 6. The Kier molecular flexibility index (Phi) is 5.39. The van der Waals surface area contributed by atoms with Crippen LogP contribution in [-0.2, 0) is 9.53 Å². The van der Waals surface area contributed by atoms with Gasteiger partial charge in [-0.1, -0.05) is 36.1 Å². The Morgan fingerprint density at radius 2 is 1.85 bits per heavy atom. The van der Waals surface area contributed by atoms with Crippen molar-refractivity contribution in [3.63, 3.8) is 0 Å².